The Balaban J connectivity index is 2.04. The van der Waals surface area contributed by atoms with Gasteiger partial charge in [0.25, 0.3) is 0 Å². The van der Waals surface area contributed by atoms with E-state index < -0.39 is 26.2 Å². The van der Waals surface area contributed by atoms with Crippen LogP contribution >= 0.6 is 0 Å². The van der Waals surface area contributed by atoms with Crippen molar-refractivity contribution in [1.82, 2.24) is 5.32 Å². The van der Waals surface area contributed by atoms with Gasteiger partial charge in [-0.05, 0) is 50.5 Å². The zero-order valence-corrected chi connectivity index (χ0v) is 15.4. The van der Waals surface area contributed by atoms with Crippen LogP contribution in [-0.4, -0.2) is 30.9 Å². The van der Waals surface area contributed by atoms with Crippen molar-refractivity contribution in [1.29, 1.82) is 0 Å². The molecule has 0 aromatic heterocycles. The Morgan fingerprint density at radius 3 is 2.25 bits per heavy atom. The number of carbonyl (C=O) groups excluding carboxylic acids is 1. The first-order valence-electron chi connectivity index (χ1n) is 8.22. The summed E-state index contributed by atoms with van der Waals surface area (Å²) in [5.41, 5.74) is 1.11. The number of hydrogen-bond donors (Lipinski definition) is 1. The van der Waals surface area contributed by atoms with Crippen LogP contribution in [0.1, 0.15) is 33.3 Å². The van der Waals surface area contributed by atoms with E-state index >= 15 is 0 Å². The van der Waals surface area contributed by atoms with Crippen LogP contribution in [-0.2, 0) is 21.1 Å². The third kappa shape index (κ3) is 4.15. The van der Waals surface area contributed by atoms with Gasteiger partial charge in [0.2, 0.25) is 5.91 Å². The lowest BCUT2D eigenvalue weighted by atomic mass is 10.0. The summed E-state index contributed by atoms with van der Waals surface area (Å²) >= 11 is 0. The van der Waals surface area contributed by atoms with E-state index in [1.165, 1.54) is 12.3 Å². The first-order valence-corrected chi connectivity index (χ1v) is 9.83. The number of benzene rings is 2. The van der Waals surface area contributed by atoms with Gasteiger partial charge in [-0.15, -0.1) is 0 Å². The van der Waals surface area contributed by atoms with Crippen molar-refractivity contribution in [2.24, 2.45) is 0 Å². The summed E-state index contributed by atoms with van der Waals surface area (Å²) in [7, 11) is -3.44. The fourth-order valence-corrected chi connectivity index (χ4v) is 3.87. The van der Waals surface area contributed by atoms with E-state index in [0.29, 0.717) is 6.42 Å². The number of fused-ring (bicyclic) bond motifs is 1. The summed E-state index contributed by atoms with van der Waals surface area (Å²) in [4.78, 5) is 12.2. The van der Waals surface area contributed by atoms with Gasteiger partial charge in [-0.3, -0.25) is 4.79 Å². The maximum Gasteiger partial charge on any atom is 0.238 e. The Morgan fingerprint density at radius 2 is 1.62 bits per heavy atom. The highest BCUT2D eigenvalue weighted by Crippen LogP contribution is 2.17. The minimum Gasteiger partial charge on any atom is -0.352 e. The average molecular weight is 347 g/mol. The lowest BCUT2D eigenvalue weighted by Gasteiger charge is -2.19. The second-order valence-electron chi connectivity index (χ2n) is 6.58. The molecule has 0 aliphatic heterocycles. The molecule has 2 aromatic carbocycles. The Morgan fingerprint density at radius 1 is 1.00 bits per heavy atom. The molecule has 1 amide bonds. The van der Waals surface area contributed by atoms with Crippen molar-refractivity contribution in [3.05, 3.63) is 48.0 Å². The highest BCUT2D eigenvalue weighted by Gasteiger charge is 2.31. The van der Waals surface area contributed by atoms with Gasteiger partial charge in [0.05, 0.1) is 5.25 Å². The molecular weight excluding hydrogens is 322 g/mol. The predicted octanol–water partition coefficient (Wildman–Crippen LogP) is 3.10. The van der Waals surface area contributed by atoms with Gasteiger partial charge in [0.1, 0.15) is 5.25 Å². The van der Waals surface area contributed by atoms with Crippen molar-refractivity contribution in [3.63, 3.8) is 0 Å². The minimum absolute atomic E-state index is 0.136. The molecule has 0 saturated carbocycles. The van der Waals surface area contributed by atoms with Crippen LogP contribution in [0.25, 0.3) is 10.8 Å². The molecule has 0 heterocycles. The van der Waals surface area contributed by atoms with Crippen LogP contribution in [0, 0.1) is 0 Å². The fourth-order valence-electron chi connectivity index (χ4n) is 2.69. The molecule has 0 unspecified atom stereocenters. The standard InChI is InChI=1S/C19H25NO3S/c1-13(2)24(22,23)15(4)19(21)20-14(3)11-16-9-10-17-7-5-6-8-18(17)12-16/h5-10,12-15H,11H2,1-4H3,(H,20,21)/t14-,15-/m1/s1. The van der Waals surface area contributed by atoms with Crippen LogP contribution < -0.4 is 5.32 Å². The Bertz CT molecular complexity index is 827. The van der Waals surface area contributed by atoms with Crippen LogP contribution in [0.5, 0.6) is 0 Å². The van der Waals surface area contributed by atoms with Gasteiger partial charge >= 0.3 is 0 Å². The summed E-state index contributed by atoms with van der Waals surface area (Å²) in [6.45, 7) is 6.53. The van der Waals surface area contributed by atoms with Gasteiger partial charge in [-0.2, -0.15) is 0 Å². The molecule has 0 spiro atoms. The van der Waals surface area contributed by atoms with Crippen molar-refractivity contribution >= 4 is 26.5 Å². The molecule has 0 radical (unpaired) electrons. The SMILES string of the molecule is CC(C)S(=O)(=O)[C@H](C)C(=O)N[C@H](C)Cc1ccc2ccccc2c1. The smallest absolute Gasteiger partial charge is 0.238 e. The first kappa shape index (κ1) is 18.5. The number of nitrogens with one attached hydrogen (secondary N) is 1. The summed E-state index contributed by atoms with van der Waals surface area (Å²) in [6.07, 6.45) is 0.658. The van der Waals surface area contributed by atoms with Crippen LogP contribution in [0.4, 0.5) is 0 Å². The van der Waals surface area contributed by atoms with E-state index in [1.54, 1.807) is 13.8 Å². The normalized spacial score (nSPS) is 14.5. The molecule has 24 heavy (non-hydrogen) atoms. The Kier molecular flexibility index (Phi) is 5.65. The summed E-state index contributed by atoms with van der Waals surface area (Å²) in [6, 6.07) is 14.2. The van der Waals surface area contributed by atoms with Gasteiger partial charge in [0.15, 0.2) is 9.84 Å². The van der Waals surface area contributed by atoms with Gasteiger partial charge in [-0.1, -0.05) is 42.5 Å². The molecule has 1 N–H and O–H groups in total. The molecule has 130 valence electrons. The molecule has 0 bridgehead atoms. The second kappa shape index (κ2) is 7.34. The maximum atomic E-state index is 12.2. The van der Waals surface area contributed by atoms with Gasteiger partial charge in [0, 0.05) is 6.04 Å². The molecule has 2 atom stereocenters. The Labute approximate surface area is 144 Å². The fraction of sp³-hybridized carbons (Fsp3) is 0.421. The second-order valence-corrected chi connectivity index (χ2v) is 9.40. The van der Waals surface area contributed by atoms with E-state index in [2.05, 4.69) is 29.6 Å². The quantitative estimate of drug-likeness (QED) is 0.873. The predicted molar refractivity (Wildman–Crippen MR) is 98.8 cm³/mol. The van der Waals surface area contributed by atoms with Crippen LogP contribution in [0.15, 0.2) is 42.5 Å². The Hall–Kier alpha value is -1.88. The van der Waals surface area contributed by atoms with Crippen molar-refractivity contribution in [3.8, 4) is 0 Å². The molecule has 0 fully saturated rings. The average Bonchev–Trinajstić information content (AvgIpc) is 2.53. The van der Waals surface area contributed by atoms with E-state index in [0.717, 1.165) is 10.9 Å². The molecule has 2 rings (SSSR count). The summed E-state index contributed by atoms with van der Waals surface area (Å²) in [5, 5.41) is 3.56. The van der Waals surface area contributed by atoms with Crippen molar-refractivity contribution < 1.29 is 13.2 Å². The number of carbonyl (C=O) groups is 1. The maximum absolute atomic E-state index is 12.2. The molecule has 2 aromatic rings. The van der Waals surface area contributed by atoms with E-state index in [9.17, 15) is 13.2 Å². The number of amides is 1. The zero-order chi connectivity index (χ0) is 17.9. The van der Waals surface area contributed by atoms with Crippen molar-refractivity contribution in [2.45, 2.75) is 50.7 Å². The molecule has 0 saturated heterocycles. The van der Waals surface area contributed by atoms with Gasteiger partial charge < -0.3 is 5.32 Å². The number of hydrogen-bond acceptors (Lipinski definition) is 3. The van der Waals surface area contributed by atoms with Crippen LogP contribution in [0.3, 0.4) is 0 Å². The summed E-state index contributed by atoms with van der Waals surface area (Å²) < 4.78 is 24.2. The van der Waals surface area contributed by atoms with E-state index in [-0.39, 0.29) is 6.04 Å². The molecule has 5 heteroatoms. The first-order chi connectivity index (χ1) is 11.2. The topological polar surface area (TPSA) is 63.2 Å². The highest BCUT2D eigenvalue weighted by molar-refractivity contribution is 7.93. The molecule has 0 aliphatic rings. The lowest BCUT2D eigenvalue weighted by molar-refractivity contribution is -0.121. The third-order valence-electron chi connectivity index (χ3n) is 4.26. The monoisotopic (exact) mass is 347 g/mol. The third-order valence-corrected chi connectivity index (χ3v) is 6.78. The van der Waals surface area contributed by atoms with Gasteiger partial charge in [-0.25, -0.2) is 8.42 Å². The van der Waals surface area contributed by atoms with E-state index in [4.69, 9.17) is 0 Å². The largest absolute Gasteiger partial charge is 0.352 e. The number of rotatable bonds is 6. The summed E-state index contributed by atoms with van der Waals surface area (Å²) in [5.74, 6) is -0.433. The van der Waals surface area contributed by atoms with E-state index in [1.807, 2.05) is 25.1 Å². The number of sulfone groups is 1. The zero-order valence-electron chi connectivity index (χ0n) is 14.6. The van der Waals surface area contributed by atoms with Crippen LogP contribution in [0.2, 0.25) is 0 Å². The molecular formula is C19H25NO3S. The van der Waals surface area contributed by atoms with Crippen molar-refractivity contribution in [2.75, 3.05) is 0 Å². The molecule has 0 aliphatic carbocycles. The molecule has 4 nitrogen and oxygen atoms in total. The minimum atomic E-state index is -3.44. The lowest BCUT2D eigenvalue weighted by Crippen LogP contribution is -2.44. The highest BCUT2D eigenvalue weighted by atomic mass is 32.2.